The van der Waals surface area contributed by atoms with Gasteiger partial charge in [-0.15, -0.1) is 0 Å². The number of hydrogen-bond donors (Lipinski definition) is 2. The van der Waals surface area contributed by atoms with E-state index in [-0.39, 0.29) is 16.9 Å². The van der Waals surface area contributed by atoms with Crippen molar-refractivity contribution in [2.24, 2.45) is 0 Å². The van der Waals surface area contributed by atoms with Gasteiger partial charge in [-0.25, -0.2) is 4.98 Å². The minimum Gasteiger partial charge on any atom is -0.508 e. The number of rotatable bonds is 3. The van der Waals surface area contributed by atoms with Gasteiger partial charge in [0.15, 0.2) is 5.16 Å². The van der Waals surface area contributed by atoms with Crippen molar-refractivity contribution in [2.45, 2.75) is 10.4 Å². The number of aromatic hydroxyl groups is 1. The van der Waals surface area contributed by atoms with E-state index in [0.717, 1.165) is 21.9 Å². The number of hydrogen-bond acceptors (Lipinski definition) is 5. The second-order valence-electron chi connectivity index (χ2n) is 5.09. The number of carbonyl (C=O) groups is 1. The molecule has 0 aliphatic carbocycles. The number of thioether (sulfide) groups is 1. The van der Waals surface area contributed by atoms with Crippen LogP contribution in [0.4, 0.5) is 5.69 Å². The molecule has 22 heavy (non-hydrogen) atoms. The second-order valence-corrected chi connectivity index (χ2v) is 6.26. The number of carbonyl (C=O) groups excluding carboxylic acids is 1. The van der Waals surface area contributed by atoms with Crippen molar-refractivity contribution in [3.8, 4) is 5.75 Å². The number of para-hydroxylation sites is 2. The fraction of sp³-hybridized carbons (Fsp3) is 0.125. The number of phenols is 1. The van der Waals surface area contributed by atoms with E-state index in [4.69, 9.17) is 0 Å². The molecule has 2 aromatic carbocycles. The zero-order valence-electron chi connectivity index (χ0n) is 11.6. The molecule has 1 aliphatic rings. The van der Waals surface area contributed by atoms with Crippen LogP contribution in [0, 0.1) is 0 Å². The van der Waals surface area contributed by atoms with E-state index < -0.39 is 0 Å². The predicted molar refractivity (Wildman–Crippen MR) is 86.6 cm³/mol. The van der Waals surface area contributed by atoms with Gasteiger partial charge in [0, 0.05) is 12.2 Å². The maximum absolute atomic E-state index is 12.6. The monoisotopic (exact) mass is 311 g/mol. The number of imidazole rings is 1. The first kappa shape index (κ1) is 13.2. The summed E-state index contributed by atoms with van der Waals surface area (Å²) in [7, 11) is 0. The van der Waals surface area contributed by atoms with Crippen LogP contribution in [0.1, 0.15) is 4.79 Å². The number of nitrogens with zero attached hydrogens (tertiary/aromatic N) is 2. The summed E-state index contributed by atoms with van der Waals surface area (Å²) in [4.78, 5) is 17.1. The average molecular weight is 311 g/mol. The van der Waals surface area contributed by atoms with Crippen molar-refractivity contribution >= 4 is 34.4 Å². The highest BCUT2D eigenvalue weighted by molar-refractivity contribution is 8.01. The molecule has 3 aromatic rings. The third-order valence-corrected chi connectivity index (χ3v) is 4.77. The number of nitrogens with one attached hydrogen (secondary N) is 1. The summed E-state index contributed by atoms with van der Waals surface area (Å²) >= 11 is 1.48. The van der Waals surface area contributed by atoms with E-state index in [1.54, 1.807) is 28.8 Å². The maximum Gasteiger partial charge on any atom is 0.248 e. The smallest absolute Gasteiger partial charge is 0.248 e. The van der Waals surface area contributed by atoms with Gasteiger partial charge >= 0.3 is 0 Å². The van der Waals surface area contributed by atoms with E-state index in [2.05, 4.69) is 10.3 Å². The number of benzene rings is 2. The van der Waals surface area contributed by atoms with Crippen molar-refractivity contribution in [3.63, 3.8) is 0 Å². The van der Waals surface area contributed by atoms with Crippen molar-refractivity contribution in [1.29, 1.82) is 0 Å². The van der Waals surface area contributed by atoms with E-state index >= 15 is 0 Å². The predicted octanol–water partition coefficient (Wildman–Crippen LogP) is 2.97. The highest BCUT2D eigenvalue weighted by atomic mass is 32.2. The van der Waals surface area contributed by atoms with Crippen molar-refractivity contribution in [1.82, 2.24) is 9.55 Å². The Balaban J connectivity index is 1.53. The normalized spacial score (nSPS) is 16.9. The molecular weight excluding hydrogens is 298 g/mol. The summed E-state index contributed by atoms with van der Waals surface area (Å²) in [5.41, 5.74) is 2.59. The molecule has 110 valence electrons. The highest BCUT2D eigenvalue weighted by Gasteiger charge is 2.34. The SMILES string of the molecule is O=C1C(CNc2ccc(O)cc2)Sc2nc3ccccc3n21. The Bertz CT molecular complexity index is 857. The summed E-state index contributed by atoms with van der Waals surface area (Å²) < 4.78 is 1.70. The Hall–Kier alpha value is -2.47. The molecule has 0 saturated carbocycles. The van der Waals surface area contributed by atoms with Crippen LogP contribution < -0.4 is 5.32 Å². The van der Waals surface area contributed by atoms with Gasteiger partial charge in [0.2, 0.25) is 5.91 Å². The zero-order valence-corrected chi connectivity index (χ0v) is 12.4. The number of aromatic nitrogens is 2. The third-order valence-electron chi connectivity index (χ3n) is 3.63. The molecular formula is C16H13N3O2S. The van der Waals surface area contributed by atoms with Crippen LogP contribution in [0.3, 0.4) is 0 Å². The van der Waals surface area contributed by atoms with Crippen molar-refractivity contribution in [3.05, 3.63) is 48.5 Å². The highest BCUT2D eigenvalue weighted by Crippen LogP contribution is 2.35. The molecule has 0 bridgehead atoms. The lowest BCUT2D eigenvalue weighted by Crippen LogP contribution is -2.25. The third kappa shape index (κ3) is 2.12. The van der Waals surface area contributed by atoms with Gasteiger partial charge in [0.05, 0.1) is 11.0 Å². The largest absolute Gasteiger partial charge is 0.508 e. The molecule has 1 atom stereocenters. The molecule has 1 aromatic heterocycles. The van der Waals surface area contributed by atoms with Crippen molar-refractivity contribution in [2.75, 3.05) is 11.9 Å². The number of fused-ring (bicyclic) bond motifs is 3. The van der Waals surface area contributed by atoms with Crippen LogP contribution in [0.25, 0.3) is 11.0 Å². The Morgan fingerprint density at radius 3 is 2.77 bits per heavy atom. The summed E-state index contributed by atoms with van der Waals surface area (Å²) in [5, 5.41) is 13.1. The van der Waals surface area contributed by atoms with Crippen LogP contribution in [0.2, 0.25) is 0 Å². The number of phenolic OH excluding ortho intramolecular Hbond substituents is 1. The Labute approximate surface area is 131 Å². The van der Waals surface area contributed by atoms with Gasteiger partial charge in [-0.2, -0.15) is 0 Å². The topological polar surface area (TPSA) is 67.2 Å². The van der Waals surface area contributed by atoms with E-state index in [9.17, 15) is 9.90 Å². The molecule has 2 heterocycles. The summed E-state index contributed by atoms with van der Waals surface area (Å²) in [6, 6.07) is 14.5. The molecule has 4 rings (SSSR count). The molecule has 1 aliphatic heterocycles. The molecule has 5 nitrogen and oxygen atoms in total. The van der Waals surface area contributed by atoms with Crippen molar-refractivity contribution < 1.29 is 9.90 Å². The Morgan fingerprint density at radius 1 is 1.18 bits per heavy atom. The summed E-state index contributed by atoms with van der Waals surface area (Å²) in [5.74, 6) is 0.281. The van der Waals surface area contributed by atoms with E-state index in [0.29, 0.717) is 6.54 Å². The Morgan fingerprint density at radius 2 is 1.95 bits per heavy atom. The molecule has 2 N–H and O–H groups in total. The standard InChI is InChI=1S/C16H13N3O2S/c20-11-7-5-10(6-8-11)17-9-14-15(21)19-13-4-2-1-3-12(13)18-16(19)22-14/h1-8,14,17,20H,9H2. The lowest BCUT2D eigenvalue weighted by atomic mass is 10.3. The molecule has 0 amide bonds. The fourth-order valence-corrected chi connectivity index (χ4v) is 3.61. The quantitative estimate of drug-likeness (QED) is 0.728. The molecule has 0 radical (unpaired) electrons. The van der Waals surface area contributed by atoms with Crippen LogP contribution in [-0.4, -0.2) is 32.4 Å². The zero-order chi connectivity index (χ0) is 15.1. The first-order valence-corrected chi connectivity index (χ1v) is 7.81. The van der Waals surface area contributed by atoms with Gasteiger partial charge in [0.25, 0.3) is 0 Å². The molecule has 0 saturated heterocycles. The van der Waals surface area contributed by atoms with E-state index in [1.807, 2.05) is 24.3 Å². The fourth-order valence-electron chi connectivity index (χ4n) is 2.54. The van der Waals surface area contributed by atoms with Crippen LogP contribution >= 0.6 is 11.8 Å². The summed E-state index contributed by atoms with van der Waals surface area (Å²) in [6.45, 7) is 0.520. The van der Waals surface area contributed by atoms with Gasteiger partial charge in [0.1, 0.15) is 11.0 Å². The summed E-state index contributed by atoms with van der Waals surface area (Å²) in [6.07, 6.45) is 0. The van der Waals surface area contributed by atoms with Gasteiger partial charge in [-0.3, -0.25) is 9.36 Å². The van der Waals surface area contributed by atoms with Crippen LogP contribution in [-0.2, 0) is 0 Å². The lowest BCUT2D eigenvalue weighted by Gasteiger charge is -2.10. The van der Waals surface area contributed by atoms with Gasteiger partial charge < -0.3 is 10.4 Å². The first-order chi connectivity index (χ1) is 10.7. The lowest BCUT2D eigenvalue weighted by molar-refractivity contribution is 0.0918. The maximum atomic E-state index is 12.6. The van der Waals surface area contributed by atoms with Gasteiger partial charge in [-0.05, 0) is 36.4 Å². The van der Waals surface area contributed by atoms with Gasteiger partial charge in [-0.1, -0.05) is 23.9 Å². The minimum absolute atomic E-state index is 0.0555. The first-order valence-electron chi connectivity index (χ1n) is 6.93. The van der Waals surface area contributed by atoms with Crippen LogP contribution in [0.5, 0.6) is 5.75 Å². The molecule has 1 unspecified atom stereocenters. The van der Waals surface area contributed by atoms with Crippen LogP contribution in [0.15, 0.2) is 53.7 Å². The molecule has 0 spiro atoms. The Kier molecular flexibility index (Phi) is 3.04. The number of anilines is 1. The molecule has 0 fully saturated rings. The second kappa shape index (κ2) is 5.06. The minimum atomic E-state index is -0.194. The van der Waals surface area contributed by atoms with E-state index in [1.165, 1.54) is 11.8 Å². The molecule has 6 heteroatoms. The average Bonchev–Trinajstić information content (AvgIpc) is 3.04.